The Bertz CT molecular complexity index is 590. The molecule has 4 nitrogen and oxygen atoms in total. The molecule has 0 unspecified atom stereocenters. The molecule has 0 fully saturated rings. The van der Waals surface area contributed by atoms with E-state index in [1.165, 1.54) is 0 Å². The number of carbonyl (C=O) groups is 1. The average Bonchev–Trinajstić information content (AvgIpc) is 2.71. The van der Waals surface area contributed by atoms with Gasteiger partial charge < -0.3 is 0 Å². The molecule has 0 aliphatic rings. The van der Waals surface area contributed by atoms with Gasteiger partial charge in [-0.1, -0.05) is 0 Å². The third-order valence-electron chi connectivity index (χ3n) is 2.72. The first-order valence-electron chi connectivity index (χ1n) is 5.70. The number of pyridine rings is 1. The van der Waals surface area contributed by atoms with Crippen molar-refractivity contribution >= 4 is 21.7 Å². The molecule has 0 aliphatic heterocycles. The van der Waals surface area contributed by atoms with Crippen LogP contribution in [0.2, 0.25) is 0 Å². The minimum atomic E-state index is -0.0343. The van der Waals surface area contributed by atoms with Gasteiger partial charge in [-0.05, 0) is 48.3 Å². The molecule has 0 saturated heterocycles. The van der Waals surface area contributed by atoms with Gasteiger partial charge in [-0.3, -0.25) is 14.5 Å². The Labute approximate surface area is 114 Å². The highest BCUT2D eigenvalue weighted by atomic mass is 79.9. The highest BCUT2D eigenvalue weighted by molar-refractivity contribution is 9.10. The molecule has 2 aromatic heterocycles. The van der Waals surface area contributed by atoms with Crippen LogP contribution in [0.4, 0.5) is 0 Å². The number of hydrogen-bond acceptors (Lipinski definition) is 3. The summed E-state index contributed by atoms with van der Waals surface area (Å²) in [5.41, 5.74) is 2.11. The van der Waals surface area contributed by atoms with E-state index in [0.717, 1.165) is 10.0 Å². The second-order valence-electron chi connectivity index (χ2n) is 4.40. The van der Waals surface area contributed by atoms with Crippen LogP contribution in [-0.2, 0) is 0 Å². The van der Waals surface area contributed by atoms with E-state index < -0.39 is 0 Å². The standard InChI is InChI=1S/C13H14BrN3O/c1-8(2)17-12(11(14)7-16-17)13(18)10-4-5-15-6-9(10)3/h4-8H,1-3H3. The predicted molar refractivity (Wildman–Crippen MR) is 72.7 cm³/mol. The van der Waals surface area contributed by atoms with Crippen molar-refractivity contribution in [2.24, 2.45) is 0 Å². The molecule has 2 rings (SSSR count). The Kier molecular flexibility index (Phi) is 3.61. The molecular weight excluding hydrogens is 294 g/mol. The van der Waals surface area contributed by atoms with Crippen molar-refractivity contribution < 1.29 is 4.79 Å². The molecular formula is C13H14BrN3O. The zero-order valence-electron chi connectivity index (χ0n) is 10.5. The SMILES string of the molecule is Cc1cnccc1C(=O)c1c(Br)cnn1C(C)C. The lowest BCUT2D eigenvalue weighted by atomic mass is 10.1. The van der Waals surface area contributed by atoms with Gasteiger partial charge in [0.05, 0.1) is 10.7 Å². The highest BCUT2D eigenvalue weighted by Gasteiger charge is 2.21. The average molecular weight is 308 g/mol. The molecule has 0 aromatic carbocycles. The van der Waals surface area contributed by atoms with Crippen LogP contribution in [0.25, 0.3) is 0 Å². The number of aryl methyl sites for hydroxylation is 1. The molecule has 0 radical (unpaired) electrons. The molecule has 94 valence electrons. The van der Waals surface area contributed by atoms with Crippen molar-refractivity contribution in [3.63, 3.8) is 0 Å². The Morgan fingerprint density at radius 1 is 1.39 bits per heavy atom. The first-order chi connectivity index (χ1) is 8.52. The lowest BCUT2D eigenvalue weighted by Gasteiger charge is -2.11. The van der Waals surface area contributed by atoms with E-state index in [4.69, 9.17) is 0 Å². The maximum atomic E-state index is 12.6. The van der Waals surface area contributed by atoms with Crippen LogP contribution in [0.1, 0.15) is 41.5 Å². The Hall–Kier alpha value is -1.49. The molecule has 0 aliphatic carbocycles. The van der Waals surface area contributed by atoms with Crippen molar-refractivity contribution in [1.82, 2.24) is 14.8 Å². The summed E-state index contributed by atoms with van der Waals surface area (Å²) >= 11 is 3.39. The summed E-state index contributed by atoms with van der Waals surface area (Å²) in [5, 5.41) is 4.22. The minimum absolute atomic E-state index is 0.0343. The van der Waals surface area contributed by atoms with E-state index in [2.05, 4.69) is 26.0 Å². The summed E-state index contributed by atoms with van der Waals surface area (Å²) in [5.74, 6) is -0.0343. The first-order valence-corrected chi connectivity index (χ1v) is 6.50. The lowest BCUT2D eigenvalue weighted by Crippen LogP contribution is -2.14. The third kappa shape index (κ3) is 2.22. The molecule has 0 amide bonds. The van der Waals surface area contributed by atoms with Gasteiger partial charge in [0, 0.05) is 24.0 Å². The van der Waals surface area contributed by atoms with Crippen LogP contribution in [0.3, 0.4) is 0 Å². The van der Waals surface area contributed by atoms with Gasteiger partial charge in [0.2, 0.25) is 5.78 Å². The van der Waals surface area contributed by atoms with Crippen LogP contribution in [0.15, 0.2) is 29.1 Å². The Morgan fingerprint density at radius 2 is 2.11 bits per heavy atom. The zero-order chi connectivity index (χ0) is 13.3. The van der Waals surface area contributed by atoms with E-state index in [0.29, 0.717) is 11.3 Å². The maximum absolute atomic E-state index is 12.6. The van der Waals surface area contributed by atoms with E-state index in [1.807, 2.05) is 20.8 Å². The topological polar surface area (TPSA) is 47.8 Å². The van der Waals surface area contributed by atoms with Crippen molar-refractivity contribution in [2.75, 3.05) is 0 Å². The smallest absolute Gasteiger partial charge is 0.212 e. The fourth-order valence-electron chi connectivity index (χ4n) is 1.80. The summed E-state index contributed by atoms with van der Waals surface area (Å²) in [6.07, 6.45) is 4.98. The van der Waals surface area contributed by atoms with E-state index in [1.54, 1.807) is 29.3 Å². The third-order valence-corrected chi connectivity index (χ3v) is 3.30. The second-order valence-corrected chi connectivity index (χ2v) is 5.25. The van der Waals surface area contributed by atoms with Crippen LogP contribution in [-0.4, -0.2) is 20.5 Å². The number of rotatable bonds is 3. The summed E-state index contributed by atoms with van der Waals surface area (Å²) in [7, 11) is 0. The summed E-state index contributed by atoms with van der Waals surface area (Å²) in [6, 6.07) is 1.87. The summed E-state index contributed by atoms with van der Waals surface area (Å²) < 4.78 is 2.45. The van der Waals surface area contributed by atoms with Crippen LogP contribution < -0.4 is 0 Å². The monoisotopic (exact) mass is 307 g/mol. The van der Waals surface area contributed by atoms with Crippen molar-refractivity contribution in [2.45, 2.75) is 26.8 Å². The normalized spacial score (nSPS) is 10.9. The van der Waals surface area contributed by atoms with Crippen LogP contribution >= 0.6 is 15.9 Å². The van der Waals surface area contributed by atoms with Gasteiger partial charge in [0.15, 0.2) is 0 Å². The quantitative estimate of drug-likeness (QED) is 0.818. The predicted octanol–water partition coefficient (Wildman–Crippen LogP) is 3.16. The van der Waals surface area contributed by atoms with Gasteiger partial charge in [-0.2, -0.15) is 5.10 Å². The number of ketones is 1. The highest BCUT2D eigenvalue weighted by Crippen LogP contribution is 2.23. The number of nitrogens with zero attached hydrogens (tertiary/aromatic N) is 3. The fraction of sp³-hybridized carbons (Fsp3) is 0.308. The van der Waals surface area contributed by atoms with E-state index in [9.17, 15) is 4.79 Å². The summed E-state index contributed by atoms with van der Waals surface area (Å²) in [6.45, 7) is 5.87. The van der Waals surface area contributed by atoms with Gasteiger partial charge >= 0.3 is 0 Å². The van der Waals surface area contributed by atoms with Crippen LogP contribution in [0, 0.1) is 6.92 Å². The van der Waals surface area contributed by atoms with E-state index in [-0.39, 0.29) is 11.8 Å². The molecule has 2 heterocycles. The van der Waals surface area contributed by atoms with Crippen molar-refractivity contribution in [1.29, 1.82) is 0 Å². The first kappa shape index (κ1) is 13.0. The molecule has 0 atom stereocenters. The Balaban J connectivity index is 2.53. The molecule has 0 bridgehead atoms. The van der Waals surface area contributed by atoms with Gasteiger partial charge in [-0.15, -0.1) is 0 Å². The summed E-state index contributed by atoms with van der Waals surface area (Å²) in [4.78, 5) is 16.6. The zero-order valence-corrected chi connectivity index (χ0v) is 12.1. The van der Waals surface area contributed by atoms with Crippen LogP contribution in [0.5, 0.6) is 0 Å². The molecule has 0 N–H and O–H groups in total. The van der Waals surface area contributed by atoms with Gasteiger partial charge in [0.25, 0.3) is 0 Å². The largest absolute Gasteiger partial charge is 0.287 e. The van der Waals surface area contributed by atoms with E-state index >= 15 is 0 Å². The molecule has 5 heteroatoms. The van der Waals surface area contributed by atoms with Crippen molar-refractivity contribution in [3.8, 4) is 0 Å². The molecule has 0 saturated carbocycles. The fourth-order valence-corrected chi connectivity index (χ4v) is 2.25. The number of carbonyl (C=O) groups excluding carboxylic acids is 1. The van der Waals surface area contributed by atoms with Gasteiger partial charge in [0.1, 0.15) is 5.69 Å². The molecule has 0 spiro atoms. The number of halogens is 1. The lowest BCUT2D eigenvalue weighted by molar-refractivity contribution is 0.102. The molecule has 2 aromatic rings. The second kappa shape index (κ2) is 5.02. The maximum Gasteiger partial charge on any atom is 0.212 e. The van der Waals surface area contributed by atoms with Crippen molar-refractivity contribution in [3.05, 3.63) is 46.0 Å². The number of hydrogen-bond donors (Lipinski definition) is 0. The minimum Gasteiger partial charge on any atom is -0.287 e. The number of aromatic nitrogens is 3. The molecule has 18 heavy (non-hydrogen) atoms. The Morgan fingerprint density at radius 3 is 2.72 bits per heavy atom. The van der Waals surface area contributed by atoms with Gasteiger partial charge in [-0.25, -0.2) is 0 Å².